The van der Waals surface area contributed by atoms with E-state index in [-0.39, 0.29) is 17.9 Å². The third kappa shape index (κ3) is 4.26. The van der Waals surface area contributed by atoms with E-state index in [1.165, 1.54) is 0 Å². The van der Waals surface area contributed by atoms with Gasteiger partial charge in [0.2, 0.25) is 5.91 Å². The van der Waals surface area contributed by atoms with Gasteiger partial charge in [0.05, 0.1) is 17.8 Å². The van der Waals surface area contributed by atoms with Crippen molar-refractivity contribution in [1.29, 1.82) is 0 Å². The first-order chi connectivity index (χ1) is 12.6. The lowest BCUT2D eigenvalue weighted by atomic mass is 10.1. The molecule has 2 aromatic carbocycles. The van der Waals surface area contributed by atoms with E-state index < -0.39 is 0 Å². The minimum Gasteiger partial charge on any atom is -0.497 e. The summed E-state index contributed by atoms with van der Waals surface area (Å²) in [6.07, 6.45) is 0.401. The molecule has 0 spiro atoms. The maximum Gasteiger partial charge on any atom is 0.319 e. The van der Waals surface area contributed by atoms with E-state index in [4.69, 9.17) is 16.3 Å². The lowest BCUT2D eigenvalue weighted by molar-refractivity contribution is -0.117. The van der Waals surface area contributed by atoms with Crippen LogP contribution in [-0.4, -0.2) is 32.1 Å². The van der Waals surface area contributed by atoms with Crippen molar-refractivity contribution in [3.63, 3.8) is 0 Å². The van der Waals surface area contributed by atoms with E-state index in [0.717, 1.165) is 11.4 Å². The quantitative estimate of drug-likeness (QED) is 0.842. The number of para-hydroxylation sites is 1. The van der Waals surface area contributed by atoms with E-state index in [1.807, 2.05) is 24.3 Å². The Balaban J connectivity index is 1.52. The molecule has 6 nitrogen and oxygen atoms in total. The Morgan fingerprint density at radius 3 is 2.65 bits per heavy atom. The predicted octanol–water partition coefficient (Wildman–Crippen LogP) is 3.52. The maximum atomic E-state index is 12.3. The minimum absolute atomic E-state index is 0.0495. The summed E-state index contributed by atoms with van der Waals surface area (Å²) >= 11 is 6.02. The molecule has 7 heteroatoms. The third-order valence-electron chi connectivity index (χ3n) is 4.26. The number of hydrogen-bond donors (Lipinski definition) is 2. The molecule has 0 saturated carbocycles. The fourth-order valence-corrected chi connectivity index (χ4v) is 3.08. The molecule has 0 aromatic heterocycles. The fraction of sp³-hybridized carbons (Fsp3) is 0.263. The Bertz CT molecular complexity index is 795. The fourth-order valence-electron chi connectivity index (χ4n) is 2.90. The number of nitrogens with zero attached hydrogens (tertiary/aromatic N) is 1. The lowest BCUT2D eigenvalue weighted by Gasteiger charge is -2.17. The van der Waals surface area contributed by atoms with Gasteiger partial charge in [0.15, 0.2) is 0 Å². The first-order valence-electron chi connectivity index (χ1n) is 8.30. The van der Waals surface area contributed by atoms with Gasteiger partial charge >= 0.3 is 6.03 Å². The highest BCUT2D eigenvalue weighted by Crippen LogP contribution is 2.26. The second-order valence-corrected chi connectivity index (χ2v) is 6.49. The van der Waals surface area contributed by atoms with Crippen molar-refractivity contribution in [3.05, 3.63) is 53.6 Å². The lowest BCUT2D eigenvalue weighted by Crippen LogP contribution is -2.34. The van der Waals surface area contributed by atoms with Gasteiger partial charge < -0.3 is 20.3 Å². The number of benzene rings is 2. The zero-order chi connectivity index (χ0) is 18.5. The highest BCUT2D eigenvalue weighted by atomic mass is 35.5. The van der Waals surface area contributed by atoms with Crippen LogP contribution in [0.5, 0.6) is 5.75 Å². The van der Waals surface area contributed by atoms with Crippen LogP contribution in [0.4, 0.5) is 16.2 Å². The van der Waals surface area contributed by atoms with Gasteiger partial charge in [0.1, 0.15) is 5.75 Å². The molecule has 1 heterocycles. The number of nitrogens with one attached hydrogen (secondary N) is 2. The summed E-state index contributed by atoms with van der Waals surface area (Å²) in [7, 11) is 1.60. The van der Waals surface area contributed by atoms with Gasteiger partial charge in [-0.15, -0.1) is 0 Å². The Labute approximate surface area is 157 Å². The molecule has 1 fully saturated rings. The van der Waals surface area contributed by atoms with Crippen LogP contribution < -0.4 is 20.3 Å². The van der Waals surface area contributed by atoms with Crippen molar-refractivity contribution in [3.8, 4) is 5.75 Å². The maximum absolute atomic E-state index is 12.3. The summed E-state index contributed by atoms with van der Waals surface area (Å²) in [6.45, 7) is 0.978. The van der Waals surface area contributed by atoms with E-state index >= 15 is 0 Å². The average Bonchev–Trinajstić information content (AvgIpc) is 3.03. The molecule has 1 aliphatic rings. The molecule has 1 saturated heterocycles. The van der Waals surface area contributed by atoms with E-state index in [0.29, 0.717) is 30.2 Å². The van der Waals surface area contributed by atoms with Crippen LogP contribution in [0.25, 0.3) is 0 Å². The molecule has 3 rings (SSSR count). The number of hydrogen-bond acceptors (Lipinski definition) is 3. The first kappa shape index (κ1) is 18.1. The average molecular weight is 374 g/mol. The number of methoxy groups -OCH3 is 1. The normalized spacial score (nSPS) is 16.5. The highest BCUT2D eigenvalue weighted by Gasteiger charge is 2.30. The van der Waals surface area contributed by atoms with Gasteiger partial charge in [-0.2, -0.15) is 0 Å². The van der Waals surface area contributed by atoms with Crippen LogP contribution in [0.15, 0.2) is 48.5 Å². The standard InChI is InChI=1S/C19H20ClN3O3/c1-26-15-8-6-14(7-9-15)23-12-13(10-18(23)24)11-21-19(25)22-17-5-3-2-4-16(17)20/h2-9,13H,10-12H2,1H3,(H2,21,22,25)/t13-/m1/s1. The van der Waals surface area contributed by atoms with Crippen molar-refractivity contribution in [2.45, 2.75) is 6.42 Å². The van der Waals surface area contributed by atoms with Gasteiger partial charge in [0.25, 0.3) is 0 Å². The van der Waals surface area contributed by atoms with Crippen LogP contribution in [0.1, 0.15) is 6.42 Å². The van der Waals surface area contributed by atoms with Gasteiger partial charge in [-0.05, 0) is 36.4 Å². The third-order valence-corrected chi connectivity index (χ3v) is 4.59. The van der Waals surface area contributed by atoms with Crippen molar-refractivity contribution in [1.82, 2.24) is 5.32 Å². The number of carbonyl (C=O) groups excluding carboxylic acids is 2. The zero-order valence-corrected chi connectivity index (χ0v) is 15.1. The number of halogens is 1. The van der Waals surface area contributed by atoms with E-state index in [9.17, 15) is 9.59 Å². The SMILES string of the molecule is COc1ccc(N2C[C@@H](CNC(=O)Nc3ccccc3Cl)CC2=O)cc1. The summed E-state index contributed by atoms with van der Waals surface area (Å²) in [6, 6.07) is 14.1. The molecule has 26 heavy (non-hydrogen) atoms. The highest BCUT2D eigenvalue weighted by molar-refractivity contribution is 6.33. The van der Waals surface area contributed by atoms with Gasteiger partial charge in [-0.3, -0.25) is 4.79 Å². The number of anilines is 2. The van der Waals surface area contributed by atoms with E-state index in [2.05, 4.69) is 10.6 Å². The number of rotatable bonds is 5. The second kappa shape index (κ2) is 8.10. The van der Waals surface area contributed by atoms with Crippen LogP contribution >= 0.6 is 11.6 Å². The number of amides is 3. The summed E-state index contributed by atoms with van der Waals surface area (Å²) in [5, 5.41) is 5.99. The zero-order valence-electron chi connectivity index (χ0n) is 14.4. The van der Waals surface area contributed by atoms with Crippen molar-refractivity contribution in [2.24, 2.45) is 5.92 Å². The van der Waals surface area contributed by atoms with Crippen LogP contribution in [0.3, 0.4) is 0 Å². The molecule has 2 N–H and O–H groups in total. The van der Waals surface area contributed by atoms with Crippen LogP contribution in [0.2, 0.25) is 5.02 Å². The second-order valence-electron chi connectivity index (χ2n) is 6.09. The van der Waals surface area contributed by atoms with Crippen molar-refractivity contribution in [2.75, 3.05) is 30.4 Å². The largest absolute Gasteiger partial charge is 0.497 e. The molecular formula is C19H20ClN3O3. The topological polar surface area (TPSA) is 70.7 Å². The molecule has 0 radical (unpaired) electrons. The molecule has 2 aromatic rings. The number of urea groups is 1. The summed E-state index contributed by atoms with van der Waals surface area (Å²) in [5.41, 5.74) is 1.38. The summed E-state index contributed by atoms with van der Waals surface area (Å²) < 4.78 is 5.13. The summed E-state index contributed by atoms with van der Waals surface area (Å²) in [4.78, 5) is 26.0. The molecule has 0 bridgehead atoms. The van der Waals surface area contributed by atoms with Gasteiger partial charge in [-0.1, -0.05) is 23.7 Å². The minimum atomic E-state index is -0.339. The van der Waals surface area contributed by atoms with Crippen molar-refractivity contribution >= 4 is 34.9 Å². The monoisotopic (exact) mass is 373 g/mol. The Morgan fingerprint density at radius 1 is 1.23 bits per heavy atom. The molecule has 1 aliphatic heterocycles. The van der Waals surface area contributed by atoms with Gasteiger partial charge in [-0.25, -0.2) is 4.79 Å². The Hall–Kier alpha value is -2.73. The molecule has 136 valence electrons. The number of carbonyl (C=O) groups is 2. The van der Waals surface area contributed by atoms with Gasteiger partial charge in [0, 0.05) is 31.1 Å². The molecule has 1 atom stereocenters. The first-order valence-corrected chi connectivity index (χ1v) is 8.68. The van der Waals surface area contributed by atoms with Crippen LogP contribution in [0, 0.1) is 5.92 Å². The smallest absolute Gasteiger partial charge is 0.319 e. The summed E-state index contributed by atoms with van der Waals surface area (Å²) in [5.74, 6) is 0.852. The Kier molecular flexibility index (Phi) is 5.63. The van der Waals surface area contributed by atoms with Crippen molar-refractivity contribution < 1.29 is 14.3 Å². The predicted molar refractivity (Wildman–Crippen MR) is 102 cm³/mol. The molecule has 3 amide bonds. The van der Waals surface area contributed by atoms with Crippen LogP contribution in [-0.2, 0) is 4.79 Å². The number of ether oxygens (including phenoxy) is 1. The molecule has 0 unspecified atom stereocenters. The van der Waals surface area contributed by atoms with E-state index in [1.54, 1.807) is 36.3 Å². The Morgan fingerprint density at radius 2 is 1.96 bits per heavy atom. The molecular weight excluding hydrogens is 354 g/mol. The molecule has 0 aliphatic carbocycles.